The molecular weight excluding hydrogens is 247 g/mol. The molecule has 1 heterocycles. The van der Waals surface area contributed by atoms with E-state index in [9.17, 15) is 18.3 Å². The topological polar surface area (TPSA) is 41.5 Å². The van der Waals surface area contributed by atoms with E-state index < -0.39 is 17.5 Å². The van der Waals surface area contributed by atoms with Crippen molar-refractivity contribution in [2.45, 2.75) is 24.8 Å². The Labute approximate surface area is 103 Å². The number of hydrogen-bond acceptors (Lipinski definition) is 3. The molecule has 1 fully saturated rings. The molecule has 1 aromatic carbocycles. The van der Waals surface area contributed by atoms with Crippen molar-refractivity contribution in [1.82, 2.24) is 5.32 Å². The van der Waals surface area contributed by atoms with Gasteiger partial charge in [-0.05, 0) is 18.2 Å². The predicted octanol–water partition coefficient (Wildman–Crippen LogP) is 2.16. The van der Waals surface area contributed by atoms with Gasteiger partial charge in [0.25, 0.3) is 0 Å². The van der Waals surface area contributed by atoms with E-state index in [1.165, 1.54) is 12.1 Å². The van der Waals surface area contributed by atoms with Crippen molar-refractivity contribution in [3.63, 3.8) is 0 Å². The fourth-order valence-corrected chi connectivity index (χ4v) is 1.87. The molecule has 2 N–H and O–H groups in total. The normalized spacial score (nSPS) is 19.6. The standard InChI is InChI=1S/C12H14F3NO2/c13-12(14,15)9-2-1-3-10(8-9)18-11(17)4-6-16-7-5-11/h1-3,8,16-17H,4-7H2. The first-order valence-electron chi connectivity index (χ1n) is 5.68. The highest BCUT2D eigenvalue weighted by molar-refractivity contribution is 5.30. The molecule has 0 aliphatic carbocycles. The van der Waals surface area contributed by atoms with Crippen LogP contribution in [-0.4, -0.2) is 24.0 Å². The zero-order valence-corrected chi connectivity index (χ0v) is 9.63. The van der Waals surface area contributed by atoms with Gasteiger partial charge in [0.1, 0.15) is 5.75 Å². The molecule has 0 bridgehead atoms. The molecule has 0 spiro atoms. The molecular formula is C12H14F3NO2. The number of ether oxygens (including phenoxy) is 1. The van der Waals surface area contributed by atoms with Crippen molar-refractivity contribution in [3.8, 4) is 5.75 Å². The summed E-state index contributed by atoms with van der Waals surface area (Å²) in [4.78, 5) is 0. The lowest BCUT2D eigenvalue weighted by Crippen LogP contribution is -2.46. The second-order valence-electron chi connectivity index (χ2n) is 4.32. The Bertz CT molecular complexity index is 414. The number of benzene rings is 1. The van der Waals surface area contributed by atoms with E-state index in [0.29, 0.717) is 25.9 Å². The summed E-state index contributed by atoms with van der Waals surface area (Å²) in [6.45, 7) is 1.16. The first-order valence-corrected chi connectivity index (χ1v) is 5.68. The highest BCUT2D eigenvalue weighted by atomic mass is 19.4. The van der Waals surface area contributed by atoms with Gasteiger partial charge >= 0.3 is 6.18 Å². The number of halogens is 3. The van der Waals surface area contributed by atoms with Gasteiger partial charge in [0.2, 0.25) is 5.79 Å². The Balaban J connectivity index is 2.14. The van der Waals surface area contributed by atoms with Crippen LogP contribution in [0.15, 0.2) is 24.3 Å². The molecule has 3 nitrogen and oxygen atoms in total. The maximum atomic E-state index is 12.5. The Hall–Kier alpha value is -1.27. The maximum Gasteiger partial charge on any atom is 0.416 e. The quantitative estimate of drug-likeness (QED) is 0.802. The van der Waals surface area contributed by atoms with Crippen molar-refractivity contribution in [2.24, 2.45) is 0 Å². The average molecular weight is 261 g/mol. The highest BCUT2D eigenvalue weighted by Gasteiger charge is 2.33. The van der Waals surface area contributed by atoms with Gasteiger partial charge < -0.3 is 15.2 Å². The summed E-state index contributed by atoms with van der Waals surface area (Å²) < 4.78 is 42.8. The first kappa shape index (κ1) is 13.2. The Morgan fingerprint density at radius 2 is 1.89 bits per heavy atom. The number of nitrogens with one attached hydrogen (secondary N) is 1. The van der Waals surface area contributed by atoms with Crippen LogP contribution < -0.4 is 10.1 Å². The average Bonchev–Trinajstić information content (AvgIpc) is 2.28. The van der Waals surface area contributed by atoms with Crippen LogP contribution in [0.1, 0.15) is 18.4 Å². The number of rotatable bonds is 2. The van der Waals surface area contributed by atoms with Crippen LogP contribution >= 0.6 is 0 Å². The van der Waals surface area contributed by atoms with Gasteiger partial charge in [-0.2, -0.15) is 13.2 Å². The minimum Gasteiger partial charge on any atom is -0.462 e. The third-order valence-electron chi connectivity index (χ3n) is 2.85. The van der Waals surface area contributed by atoms with Gasteiger partial charge in [-0.3, -0.25) is 0 Å². The molecule has 1 saturated heterocycles. The van der Waals surface area contributed by atoms with Crippen LogP contribution in [0.25, 0.3) is 0 Å². The van der Waals surface area contributed by atoms with E-state index >= 15 is 0 Å². The van der Waals surface area contributed by atoms with Gasteiger partial charge in [-0.1, -0.05) is 6.07 Å². The Morgan fingerprint density at radius 1 is 1.22 bits per heavy atom. The summed E-state index contributed by atoms with van der Waals surface area (Å²) in [6, 6.07) is 4.55. The predicted molar refractivity (Wildman–Crippen MR) is 59.1 cm³/mol. The van der Waals surface area contributed by atoms with Crippen LogP contribution in [0.4, 0.5) is 13.2 Å². The molecule has 1 aromatic rings. The molecule has 0 amide bonds. The third kappa shape index (κ3) is 3.14. The minimum absolute atomic E-state index is 0.0363. The molecule has 1 aliphatic heterocycles. The molecule has 2 rings (SSSR count). The molecule has 0 radical (unpaired) electrons. The monoisotopic (exact) mass is 261 g/mol. The Morgan fingerprint density at radius 3 is 2.50 bits per heavy atom. The van der Waals surface area contributed by atoms with E-state index in [0.717, 1.165) is 12.1 Å². The van der Waals surface area contributed by atoms with Gasteiger partial charge in [0.05, 0.1) is 5.56 Å². The van der Waals surface area contributed by atoms with E-state index in [2.05, 4.69) is 5.32 Å². The van der Waals surface area contributed by atoms with Gasteiger partial charge in [0.15, 0.2) is 0 Å². The van der Waals surface area contributed by atoms with Crippen LogP contribution in [0, 0.1) is 0 Å². The largest absolute Gasteiger partial charge is 0.462 e. The van der Waals surface area contributed by atoms with Crippen molar-refractivity contribution in [2.75, 3.05) is 13.1 Å². The first-order chi connectivity index (χ1) is 8.39. The Kier molecular flexibility index (Phi) is 3.49. The smallest absolute Gasteiger partial charge is 0.416 e. The number of hydrogen-bond donors (Lipinski definition) is 2. The van der Waals surface area contributed by atoms with Gasteiger partial charge in [-0.15, -0.1) is 0 Å². The van der Waals surface area contributed by atoms with E-state index in [-0.39, 0.29) is 5.75 Å². The molecule has 0 atom stereocenters. The summed E-state index contributed by atoms with van der Waals surface area (Å²) in [6.07, 6.45) is -3.71. The SMILES string of the molecule is OC1(Oc2cccc(C(F)(F)F)c2)CCNCC1. The molecule has 100 valence electrons. The molecule has 1 aliphatic rings. The summed E-state index contributed by atoms with van der Waals surface area (Å²) in [5.74, 6) is -1.34. The molecule has 6 heteroatoms. The highest BCUT2D eigenvalue weighted by Crippen LogP contribution is 2.32. The van der Waals surface area contributed by atoms with Crippen LogP contribution in [0.3, 0.4) is 0 Å². The number of alkyl halides is 3. The van der Waals surface area contributed by atoms with E-state index in [1.54, 1.807) is 0 Å². The van der Waals surface area contributed by atoms with Crippen molar-refractivity contribution in [1.29, 1.82) is 0 Å². The fraction of sp³-hybridized carbons (Fsp3) is 0.500. The van der Waals surface area contributed by atoms with Crippen LogP contribution in [0.5, 0.6) is 5.75 Å². The maximum absolute atomic E-state index is 12.5. The molecule has 0 saturated carbocycles. The molecule has 0 unspecified atom stereocenters. The van der Waals surface area contributed by atoms with Crippen molar-refractivity contribution in [3.05, 3.63) is 29.8 Å². The molecule has 0 aromatic heterocycles. The summed E-state index contributed by atoms with van der Waals surface area (Å²) in [5.41, 5.74) is -0.780. The van der Waals surface area contributed by atoms with E-state index in [4.69, 9.17) is 4.74 Å². The second-order valence-corrected chi connectivity index (χ2v) is 4.32. The van der Waals surface area contributed by atoms with Crippen molar-refractivity contribution < 1.29 is 23.0 Å². The summed E-state index contributed by atoms with van der Waals surface area (Å²) in [7, 11) is 0. The van der Waals surface area contributed by atoms with Gasteiger partial charge in [-0.25, -0.2) is 0 Å². The van der Waals surface area contributed by atoms with Crippen molar-refractivity contribution >= 4 is 0 Å². The zero-order valence-electron chi connectivity index (χ0n) is 9.63. The van der Waals surface area contributed by atoms with Crippen LogP contribution in [0.2, 0.25) is 0 Å². The third-order valence-corrected chi connectivity index (χ3v) is 2.85. The lowest BCUT2D eigenvalue weighted by molar-refractivity contribution is -0.155. The van der Waals surface area contributed by atoms with Gasteiger partial charge in [0, 0.05) is 25.9 Å². The number of aliphatic hydroxyl groups is 1. The number of piperidine rings is 1. The summed E-state index contributed by atoms with van der Waals surface area (Å²) in [5, 5.41) is 13.1. The lowest BCUT2D eigenvalue weighted by atomic mass is 10.1. The minimum atomic E-state index is -4.41. The summed E-state index contributed by atoms with van der Waals surface area (Å²) >= 11 is 0. The fourth-order valence-electron chi connectivity index (χ4n) is 1.87. The van der Waals surface area contributed by atoms with Crippen LogP contribution in [-0.2, 0) is 6.18 Å². The second kappa shape index (κ2) is 4.78. The zero-order chi connectivity index (χ0) is 13.2. The lowest BCUT2D eigenvalue weighted by Gasteiger charge is -2.33. The van der Waals surface area contributed by atoms with E-state index in [1.807, 2.05) is 0 Å². The molecule has 18 heavy (non-hydrogen) atoms.